The second kappa shape index (κ2) is 6.16. The zero-order chi connectivity index (χ0) is 14.5. The van der Waals surface area contributed by atoms with Crippen molar-refractivity contribution in [2.24, 2.45) is 0 Å². The summed E-state index contributed by atoms with van der Waals surface area (Å²) in [5.74, 6) is -1.36. The van der Waals surface area contributed by atoms with E-state index in [1.807, 2.05) is 0 Å². The van der Waals surface area contributed by atoms with E-state index < -0.39 is 5.97 Å². The monoisotopic (exact) mass is 290 g/mol. The van der Waals surface area contributed by atoms with Crippen molar-refractivity contribution in [3.8, 4) is 0 Å². The number of carbonyl (C=O) groups is 2. The second-order valence-corrected chi connectivity index (χ2v) is 4.39. The fraction of sp³-hybridized carbons (Fsp3) is 0.0714. The topological polar surface area (TPSA) is 79.3 Å². The van der Waals surface area contributed by atoms with Crippen LogP contribution in [0, 0.1) is 0 Å². The molecule has 6 heteroatoms. The molecular weight excluding hydrogens is 280 g/mol. The molecule has 5 nitrogen and oxygen atoms in total. The first-order valence-electron chi connectivity index (χ1n) is 5.79. The van der Waals surface area contributed by atoms with Crippen LogP contribution >= 0.6 is 11.6 Å². The van der Waals surface area contributed by atoms with Crippen LogP contribution in [0.4, 0.5) is 0 Å². The summed E-state index contributed by atoms with van der Waals surface area (Å²) in [7, 11) is 0. The van der Waals surface area contributed by atoms with E-state index in [9.17, 15) is 9.59 Å². The van der Waals surface area contributed by atoms with Gasteiger partial charge in [0.2, 0.25) is 0 Å². The van der Waals surface area contributed by atoms with Crippen LogP contribution in [0.5, 0.6) is 0 Å². The molecule has 20 heavy (non-hydrogen) atoms. The Hall–Kier alpha value is -2.40. The van der Waals surface area contributed by atoms with Gasteiger partial charge in [0.15, 0.2) is 0 Å². The van der Waals surface area contributed by atoms with E-state index in [0.717, 1.165) is 0 Å². The van der Waals surface area contributed by atoms with Gasteiger partial charge in [-0.25, -0.2) is 9.78 Å². The highest BCUT2D eigenvalue weighted by Gasteiger charge is 2.10. The molecule has 0 saturated heterocycles. The molecule has 0 saturated carbocycles. The van der Waals surface area contributed by atoms with Crippen molar-refractivity contribution in [2.75, 3.05) is 0 Å². The van der Waals surface area contributed by atoms with Crippen molar-refractivity contribution < 1.29 is 14.7 Å². The average molecular weight is 291 g/mol. The van der Waals surface area contributed by atoms with E-state index in [1.54, 1.807) is 24.3 Å². The average Bonchev–Trinajstić information content (AvgIpc) is 2.45. The Morgan fingerprint density at radius 2 is 2.05 bits per heavy atom. The molecule has 1 heterocycles. The highest BCUT2D eigenvalue weighted by atomic mass is 35.5. The van der Waals surface area contributed by atoms with Gasteiger partial charge in [-0.3, -0.25) is 4.79 Å². The molecule has 0 fully saturated rings. The normalized spacial score (nSPS) is 10.1. The van der Waals surface area contributed by atoms with Crippen LogP contribution in [0.2, 0.25) is 5.15 Å². The molecule has 0 radical (unpaired) electrons. The van der Waals surface area contributed by atoms with Crippen LogP contribution < -0.4 is 5.32 Å². The predicted octanol–water partition coefficient (Wildman–Crippen LogP) is 2.36. The zero-order valence-electron chi connectivity index (χ0n) is 10.3. The molecule has 1 aromatic carbocycles. The number of pyridine rings is 1. The Labute approximate surface area is 120 Å². The first-order chi connectivity index (χ1) is 9.58. The van der Waals surface area contributed by atoms with Crippen LogP contribution in [-0.2, 0) is 6.54 Å². The maximum atomic E-state index is 11.9. The Kier molecular flexibility index (Phi) is 4.32. The van der Waals surface area contributed by atoms with Crippen molar-refractivity contribution in [3.63, 3.8) is 0 Å². The summed E-state index contributed by atoms with van der Waals surface area (Å²) in [4.78, 5) is 26.6. The van der Waals surface area contributed by atoms with Crippen LogP contribution in [0.15, 0.2) is 42.6 Å². The van der Waals surface area contributed by atoms with Gasteiger partial charge in [-0.1, -0.05) is 23.7 Å². The number of carboxylic acid groups (broad SMARTS) is 1. The molecule has 2 N–H and O–H groups in total. The van der Waals surface area contributed by atoms with Gasteiger partial charge in [0, 0.05) is 12.7 Å². The van der Waals surface area contributed by atoms with Crippen molar-refractivity contribution in [2.45, 2.75) is 6.54 Å². The lowest BCUT2D eigenvalue weighted by molar-refractivity contribution is 0.0696. The summed E-state index contributed by atoms with van der Waals surface area (Å²) in [6, 6.07) is 9.54. The van der Waals surface area contributed by atoms with Crippen molar-refractivity contribution in [1.82, 2.24) is 10.3 Å². The molecule has 0 atom stereocenters. The highest BCUT2D eigenvalue weighted by molar-refractivity contribution is 6.32. The number of hydrogen-bond acceptors (Lipinski definition) is 3. The lowest BCUT2D eigenvalue weighted by Crippen LogP contribution is -2.23. The molecular formula is C14H11ClN2O3. The lowest BCUT2D eigenvalue weighted by Gasteiger charge is -2.07. The summed E-state index contributed by atoms with van der Waals surface area (Å²) in [6.07, 6.45) is 1.50. The van der Waals surface area contributed by atoms with Gasteiger partial charge in [-0.2, -0.15) is 0 Å². The Bertz CT molecular complexity index is 658. The molecule has 0 spiro atoms. The number of nitrogens with one attached hydrogen (secondary N) is 1. The van der Waals surface area contributed by atoms with E-state index in [1.165, 1.54) is 18.3 Å². The van der Waals surface area contributed by atoms with E-state index in [2.05, 4.69) is 10.3 Å². The number of amides is 1. The van der Waals surface area contributed by atoms with Crippen molar-refractivity contribution >= 4 is 23.5 Å². The highest BCUT2D eigenvalue weighted by Crippen LogP contribution is 2.11. The summed E-state index contributed by atoms with van der Waals surface area (Å²) < 4.78 is 0. The largest absolute Gasteiger partial charge is 0.478 e. The molecule has 2 rings (SSSR count). The number of carboxylic acids is 1. The third-order valence-corrected chi connectivity index (χ3v) is 2.93. The van der Waals surface area contributed by atoms with E-state index in [-0.39, 0.29) is 28.7 Å². The fourth-order valence-electron chi connectivity index (χ4n) is 1.65. The molecule has 2 aromatic rings. The molecule has 0 aliphatic heterocycles. The summed E-state index contributed by atoms with van der Waals surface area (Å²) in [5.41, 5.74) is 1.15. The smallest absolute Gasteiger partial charge is 0.335 e. The van der Waals surface area contributed by atoms with Crippen LogP contribution in [0.3, 0.4) is 0 Å². The van der Waals surface area contributed by atoms with Gasteiger partial charge < -0.3 is 10.4 Å². The Balaban J connectivity index is 2.06. The first kappa shape index (κ1) is 14.0. The number of nitrogens with zero attached hydrogens (tertiary/aromatic N) is 1. The minimum atomic E-state index is -1.01. The number of aromatic nitrogens is 1. The Morgan fingerprint density at radius 1 is 1.25 bits per heavy atom. The maximum absolute atomic E-state index is 11.9. The Morgan fingerprint density at radius 3 is 2.75 bits per heavy atom. The molecule has 0 unspecified atom stereocenters. The third kappa shape index (κ3) is 3.33. The number of benzene rings is 1. The third-order valence-electron chi connectivity index (χ3n) is 2.63. The van der Waals surface area contributed by atoms with Gasteiger partial charge >= 0.3 is 5.97 Å². The van der Waals surface area contributed by atoms with Gasteiger partial charge in [0.05, 0.1) is 11.1 Å². The number of rotatable bonds is 4. The van der Waals surface area contributed by atoms with Crippen molar-refractivity contribution in [1.29, 1.82) is 0 Å². The first-order valence-corrected chi connectivity index (χ1v) is 6.16. The molecule has 1 aromatic heterocycles. The van der Waals surface area contributed by atoms with Crippen LogP contribution in [-0.4, -0.2) is 22.0 Å². The van der Waals surface area contributed by atoms with E-state index >= 15 is 0 Å². The maximum Gasteiger partial charge on any atom is 0.335 e. The summed E-state index contributed by atoms with van der Waals surface area (Å²) >= 11 is 5.82. The standard InChI is InChI=1S/C14H11ClN2O3/c15-12-11(5-2-6-16-12)13(18)17-8-9-3-1-4-10(7-9)14(19)20/h1-7H,8H2,(H,17,18)(H,19,20). The van der Waals surface area contributed by atoms with Crippen LogP contribution in [0.1, 0.15) is 26.3 Å². The van der Waals surface area contributed by atoms with Gasteiger partial charge in [0.25, 0.3) is 5.91 Å². The van der Waals surface area contributed by atoms with Gasteiger partial charge in [-0.15, -0.1) is 0 Å². The zero-order valence-corrected chi connectivity index (χ0v) is 11.1. The molecule has 0 bridgehead atoms. The molecule has 0 aliphatic rings. The fourth-order valence-corrected chi connectivity index (χ4v) is 1.85. The van der Waals surface area contributed by atoms with Crippen LogP contribution in [0.25, 0.3) is 0 Å². The lowest BCUT2D eigenvalue weighted by atomic mass is 10.1. The number of hydrogen-bond donors (Lipinski definition) is 2. The van der Waals surface area contributed by atoms with Crippen molar-refractivity contribution in [3.05, 3.63) is 64.4 Å². The SMILES string of the molecule is O=C(O)c1cccc(CNC(=O)c2cccnc2Cl)c1. The van der Waals surface area contributed by atoms with Gasteiger partial charge in [-0.05, 0) is 29.8 Å². The van der Waals surface area contributed by atoms with E-state index in [4.69, 9.17) is 16.7 Å². The number of halogens is 1. The van der Waals surface area contributed by atoms with Gasteiger partial charge in [0.1, 0.15) is 5.15 Å². The minimum absolute atomic E-state index is 0.129. The molecule has 0 aliphatic carbocycles. The molecule has 1 amide bonds. The predicted molar refractivity (Wildman–Crippen MR) is 73.8 cm³/mol. The number of carbonyl (C=O) groups excluding carboxylic acids is 1. The second-order valence-electron chi connectivity index (χ2n) is 4.03. The summed E-state index contributed by atoms with van der Waals surface area (Å²) in [5, 5.41) is 11.7. The summed E-state index contributed by atoms with van der Waals surface area (Å²) in [6.45, 7) is 0.213. The quantitative estimate of drug-likeness (QED) is 0.847. The van der Waals surface area contributed by atoms with E-state index in [0.29, 0.717) is 5.56 Å². The molecule has 102 valence electrons. The number of aromatic carboxylic acids is 1. The minimum Gasteiger partial charge on any atom is -0.478 e.